The topological polar surface area (TPSA) is 125 Å². The molecule has 0 fully saturated rings. The van der Waals surface area contributed by atoms with Gasteiger partial charge in [0.05, 0.1) is 16.9 Å². The van der Waals surface area contributed by atoms with Crippen LogP contribution in [0.4, 0.5) is 11.4 Å². The average Bonchev–Trinajstić information content (AvgIpc) is 2.16. The second-order valence-corrected chi connectivity index (χ2v) is 2.93. The molecule has 0 unspecified atom stereocenters. The average molecular weight is 211 g/mol. The maximum Gasteiger partial charge on any atom is 0.335 e. The zero-order valence-electron chi connectivity index (χ0n) is 8.06. The number of hydrogen-bond acceptors (Lipinski definition) is 5. The summed E-state index contributed by atoms with van der Waals surface area (Å²) in [7, 11) is 0. The summed E-state index contributed by atoms with van der Waals surface area (Å²) in [6.07, 6.45) is 0. The summed E-state index contributed by atoms with van der Waals surface area (Å²) in [4.78, 5) is 10.7. The third-order valence-corrected chi connectivity index (χ3v) is 1.76. The standard InChI is InChI=1S/C9H13N3O3/c10-1-2-15-8-6(11)3-5(9(13)14)4-7(8)12/h3-4H,1-2,10-12H2,(H,13,14). The van der Waals surface area contributed by atoms with E-state index >= 15 is 0 Å². The van der Waals surface area contributed by atoms with E-state index in [9.17, 15) is 4.79 Å². The van der Waals surface area contributed by atoms with Crippen molar-refractivity contribution in [1.29, 1.82) is 0 Å². The first-order valence-electron chi connectivity index (χ1n) is 4.31. The Morgan fingerprint density at radius 2 is 1.87 bits per heavy atom. The lowest BCUT2D eigenvalue weighted by Gasteiger charge is -2.11. The normalized spacial score (nSPS) is 9.93. The van der Waals surface area contributed by atoms with E-state index in [0.717, 1.165) is 0 Å². The number of nitrogens with two attached hydrogens (primary N) is 3. The fraction of sp³-hybridized carbons (Fsp3) is 0.222. The number of carbonyl (C=O) groups is 1. The Morgan fingerprint density at radius 3 is 2.27 bits per heavy atom. The first-order valence-corrected chi connectivity index (χ1v) is 4.31. The van der Waals surface area contributed by atoms with Crippen molar-refractivity contribution in [2.75, 3.05) is 24.6 Å². The second-order valence-electron chi connectivity index (χ2n) is 2.93. The van der Waals surface area contributed by atoms with Gasteiger partial charge >= 0.3 is 5.97 Å². The smallest absolute Gasteiger partial charge is 0.335 e. The molecule has 1 aromatic carbocycles. The molecule has 6 heteroatoms. The van der Waals surface area contributed by atoms with Crippen LogP contribution in [0.3, 0.4) is 0 Å². The number of ether oxygens (including phenoxy) is 1. The SMILES string of the molecule is NCCOc1c(N)cc(C(=O)O)cc1N. The molecule has 1 rings (SSSR count). The molecule has 0 bridgehead atoms. The van der Waals surface area contributed by atoms with Crippen molar-refractivity contribution in [3.8, 4) is 5.75 Å². The van der Waals surface area contributed by atoms with Crippen LogP contribution in [0.2, 0.25) is 0 Å². The molecule has 15 heavy (non-hydrogen) atoms. The van der Waals surface area contributed by atoms with Crippen LogP contribution in [0.1, 0.15) is 10.4 Å². The lowest BCUT2D eigenvalue weighted by molar-refractivity contribution is 0.0697. The monoisotopic (exact) mass is 211 g/mol. The summed E-state index contributed by atoms with van der Waals surface area (Å²) in [5, 5.41) is 8.73. The molecule has 0 aliphatic carbocycles. The molecule has 0 radical (unpaired) electrons. The van der Waals surface area contributed by atoms with Gasteiger partial charge in [-0.1, -0.05) is 0 Å². The molecular weight excluding hydrogens is 198 g/mol. The van der Waals surface area contributed by atoms with E-state index in [0.29, 0.717) is 6.54 Å². The molecule has 0 spiro atoms. The number of nitrogen functional groups attached to an aromatic ring is 2. The molecule has 0 aromatic heterocycles. The number of aromatic carboxylic acids is 1. The molecular formula is C9H13N3O3. The van der Waals surface area contributed by atoms with Crippen LogP contribution in [-0.4, -0.2) is 24.2 Å². The third kappa shape index (κ3) is 2.50. The van der Waals surface area contributed by atoms with Crippen LogP contribution >= 0.6 is 0 Å². The van der Waals surface area contributed by atoms with Crippen molar-refractivity contribution < 1.29 is 14.6 Å². The second kappa shape index (κ2) is 4.52. The van der Waals surface area contributed by atoms with Gasteiger partial charge in [-0.3, -0.25) is 0 Å². The Balaban J connectivity index is 3.04. The Labute approximate surface area is 86.6 Å². The van der Waals surface area contributed by atoms with Crippen LogP contribution in [-0.2, 0) is 0 Å². The maximum absolute atomic E-state index is 10.7. The number of carboxylic acids is 1. The van der Waals surface area contributed by atoms with E-state index < -0.39 is 5.97 Å². The van der Waals surface area contributed by atoms with E-state index in [4.69, 9.17) is 27.0 Å². The van der Waals surface area contributed by atoms with Gasteiger partial charge in [-0.05, 0) is 12.1 Å². The number of carboxylic acid groups (broad SMARTS) is 1. The highest BCUT2D eigenvalue weighted by molar-refractivity contribution is 5.91. The Hall–Kier alpha value is -1.95. The summed E-state index contributed by atoms with van der Waals surface area (Å²) in [6, 6.07) is 2.59. The van der Waals surface area contributed by atoms with Gasteiger partial charge in [0.15, 0.2) is 5.75 Å². The highest BCUT2D eigenvalue weighted by Gasteiger charge is 2.11. The van der Waals surface area contributed by atoms with Gasteiger partial charge in [0.1, 0.15) is 6.61 Å². The minimum absolute atomic E-state index is 0.0325. The van der Waals surface area contributed by atoms with Gasteiger partial charge < -0.3 is 27.0 Å². The van der Waals surface area contributed by atoms with E-state index in [1.807, 2.05) is 0 Å². The number of hydrogen-bond donors (Lipinski definition) is 4. The highest BCUT2D eigenvalue weighted by Crippen LogP contribution is 2.30. The zero-order chi connectivity index (χ0) is 11.4. The van der Waals surface area contributed by atoms with E-state index in [1.165, 1.54) is 12.1 Å². The molecule has 0 saturated heterocycles. The minimum Gasteiger partial charge on any atom is -0.488 e. The molecule has 0 aliphatic rings. The summed E-state index contributed by atoms with van der Waals surface area (Å²) < 4.78 is 5.18. The lowest BCUT2D eigenvalue weighted by atomic mass is 10.1. The number of rotatable bonds is 4. The van der Waals surface area contributed by atoms with Gasteiger partial charge in [0.25, 0.3) is 0 Å². The van der Waals surface area contributed by atoms with Crippen molar-refractivity contribution >= 4 is 17.3 Å². The molecule has 0 atom stereocenters. The van der Waals surface area contributed by atoms with Crippen LogP contribution < -0.4 is 21.9 Å². The summed E-state index contributed by atoms with van der Waals surface area (Å²) >= 11 is 0. The quantitative estimate of drug-likeness (QED) is 0.515. The minimum atomic E-state index is -1.08. The predicted octanol–water partition coefficient (Wildman–Crippen LogP) is -0.113. The van der Waals surface area contributed by atoms with Crippen molar-refractivity contribution in [3.63, 3.8) is 0 Å². The molecule has 7 N–H and O–H groups in total. The largest absolute Gasteiger partial charge is 0.488 e. The van der Waals surface area contributed by atoms with E-state index in [-0.39, 0.29) is 29.3 Å². The first-order chi connectivity index (χ1) is 7.06. The van der Waals surface area contributed by atoms with Crippen molar-refractivity contribution in [3.05, 3.63) is 17.7 Å². The Kier molecular flexibility index (Phi) is 3.35. The number of anilines is 2. The van der Waals surface area contributed by atoms with Gasteiger partial charge in [-0.15, -0.1) is 0 Å². The summed E-state index contributed by atoms with van der Waals surface area (Å²) in [5.41, 5.74) is 16.9. The van der Waals surface area contributed by atoms with Crippen molar-refractivity contribution in [2.24, 2.45) is 5.73 Å². The number of benzene rings is 1. The molecule has 0 saturated carbocycles. The Bertz CT molecular complexity index is 356. The lowest BCUT2D eigenvalue weighted by Crippen LogP contribution is -2.13. The van der Waals surface area contributed by atoms with E-state index in [1.54, 1.807) is 0 Å². The van der Waals surface area contributed by atoms with E-state index in [2.05, 4.69) is 0 Å². The predicted molar refractivity (Wildman–Crippen MR) is 56.8 cm³/mol. The highest BCUT2D eigenvalue weighted by atomic mass is 16.5. The van der Waals surface area contributed by atoms with Crippen LogP contribution in [0.25, 0.3) is 0 Å². The van der Waals surface area contributed by atoms with Crippen LogP contribution in [0, 0.1) is 0 Å². The fourth-order valence-electron chi connectivity index (χ4n) is 1.13. The maximum atomic E-state index is 10.7. The fourth-order valence-corrected chi connectivity index (χ4v) is 1.13. The van der Waals surface area contributed by atoms with Crippen LogP contribution in [0.5, 0.6) is 5.75 Å². The van der Waals surface area contributed by atoms with Crippen molar-refractivity contribution in [2.45, 2.75) is 0 Å². The summed E-state index contributed by atoms with van der Waals surface area (Å²) in [6.45, 7) is 0.611. The van der Waals surface area contributed by atoms with Gasteiger partial charge in [0, 0.05) is 6.54 Å². The van der Waals surface area contributed by atoms with Gasteiger partial charge in [-0.25, -0.2) is 4.79 Å². The third-order valence-electron chi connectivity index (χ3n) is 1.76. The zero-order valence-corrected chi connectivity index (χ0v) is 8.06. The Morgan fingerprint density at radius 1 is 1.33 bits per heavy atom. The van der Waals surface area contributed by atoms with Crippen LogP contribution in [0.15, 0.2) is 12.1 Å². The molecule has 0 heterocycles. The summed E-state index contributed by atoms with van der Waals surface area (Å²) in [5.74, 6) is -0.802. The molecule has 0 aliphatic heterocycles. The van der Waals surface area contributed by atoms with Gasteiger partial charge in [0.2, 0.25) is 0 Å². The first kappa shape index (κ1) is 11.1. The van der Waals surface area contributed by atoms with Crippen molar-refractivity contribution in [1.82, 2.24) is 0 Å². The molecule has 82 valence electrons. The molecule has 1 aromatic rings. The molecule has 6 nitrogen and oxygen atoms in total. The molecule has 0 amide bonds. The van der Waals surface area contributed by atoms with Gasteiger partial charge in [-0.2, -0.15) is 0 Å².